The highest BCUT2D eigenvalue weighted by Gasteiger charge is 2.19. The highest BCUT2D eigenvalue weighted by molar-refractivity contribution is 9.10. The number of aromatic hydroxyl groups is 1. The fraction of sp³-hybridized carbons (Fsp3) is 0.158. The third kappa shape index (κ3) is 4.79. The van der Waals surface area contributed by atoms with Gasteiger partial charge in [0, 0.05) is 22.3 Å². The van der Waals surface area contributed by atoms with E-state index >= 15 is 0 Å². The molecule has 0 atom stereocenters. The Hall–Kier alpha value is -2.65. The smallest absolute Gasteiger partial charge is 0.236 e. The minimum atomic E-state index is -0.543. The molecule has 2 aromatic carbocycles. The first-order valence-corrected chi connectivity index (χ1v) is 9.94. The molecular weight excluding hydrogens is 447 g/mol. The molecule has 6 nitrogen and oxygen atoms in total. The molecule has 0 aliphatic carbocycles. The van der Waals surface area contributed by atoms with Gasteiger partial charge in [-0.2, -0.15) is 4.37 Å². The van der Waals surface area contributed by atoms with Crippen LogP contribution in [0.1, 0.15) is 19.4 Å². The van der Waals surface area contributed by atoms with E-state index in [1.54, 1.807) is 30.3 Å². The molecule has 0 bridgehead atoms. The van der Waals surface area contributed by atoms with Gasteiger partial charge in [0.1, 0.15) is 22.1 Å². The van der Waals surface area contributed by atoms with Crippen molar-refractivity contribution in [1.29, 1.82) is 5.41 Å². The minimum Gasteiger partial charge on any atom is -0.492 e. The zero-order chi connectivity index (χ0) is 20.3. The molecule has 0 radical (unpaired) electrons. The van der Waals surface area contributed by atoms with Crippen molar-refractivity contribution in [3.8, 4) is 17.4 Å². The normalized spacial score (nSPS) is 10.8. The standard InChI is InChI=1S/C19H18BrFN4O2S/c1-10(2)23-17(22)16-18(26)25-28-19(16)24-12-5-8-15(14(21)9-12)27-13-6-3-11(20)4-7-13/h3-10,24H,1-2H3,(H2,22,23)(H,25,26). The van der Waals surface area contributed by atoms with Gasteiger partial charge in [-0.15, -0.1) is 0 Å². The summed E-state index contributed by atoms with van der Waals surface area (Å²) in [5.74, 6) is -0.139. The Morgan fingerprint density at radius 2 is 1.96 bits per heavy atom. The maximum Gasteiger partial charge on any atom is 0.236 e. The van der Waals surface area contributed by atoms with E-state index in [9.17, 15) is 9.50 Å². The van der Waals surface area contributed by atoms with Crippen molar-refractivity contribution in [2.24, 2.45) is 0 Å². The molecule has 3 rings (SSSR count). The van der Waals surface area contributed by atoms with Crippen LogP contribution in [0.2, 0.25) is 0 Å². The molecule has 0 unspecified atom stereocenters. The predicted octanol–water partition coefficient (Wildman–Crippen LogP) is 5.61. The number of anilines is 2. The van der Waals surface area contributed by atoms with Crippen LogP contribution in [0.3, 0.4) is 0 Å². The van der Waals surface area contributed by atoms with Gasteiger partial charge in [0.25, 0.3) is 0 Å². The number of aromatic nitrogens is 1. The van der Waals surface area contributed by atoms with Crippen molar-refractivity contribution in [1.82, 2.24) is 9.69 Å². The van der Waals surface area contributed by atoms with Crippen molar-refractivity contribution < 1.29 is 14.2 Å². The molecule has 0 amide bonds. The van der Waals surface area contributed by atoms with Crippen molar-refractivity contribution in [2.75, 3.05) is 5.32 Å². The second-order valence-corrected chi connectivity index (χ2v) is 7.90. The highest BCUT2D eigenvalue weighted by Crippen LogP contribution is 2.34. The second kappa shape index (κ2) is 8.57. The van der Waals surface area contributed by atoms with Crippen LogP contribution < -0.4 is 15.4 Å². The lowest BCUT2D eigenvalue weighted by Crippen LogP contribution is -2.30. The van der Waals surface area contributed by atoms with Gasteiger partial charge in [-0.05, 0) is 61.8 Å². The Balaban J connectivity index is 1.78. The van der Waals surface area contributed by atoms with E-state index in [0.717, 1.165) is 16.0 Å². The van der Waals surface area contributed by atoms with Gasteiger partial charge in [-0.3, -0.25) is 5.41 Å². The summed E-state index contributed by atoms with van der Waals surface area (Å²) in [6.07, 6.45) is 0. The largest absolute Gasteiger partial charge is 0.492 e. The Morgan fingerprint density at radius 3 is 2.61 bits per heavy atom. The van der Waals surface area contributed by atoms with Crippen molar-refractivity contribution in [2.45, 2.75) is 19.9 Å². The number of hydrogen-bond acceptors (Lipinski definition) is 6. The minimum absolute atomic E-state index is 0.0205. The van der Waals surface area contributed by atoms with Crippen LogP contribution in [-0.4, -0.2) is 21.4 Å². The third-order valence-electron chi connectivity index (χ3n) is 3.59. The van der Waals surface area contributed by atoms with Crippen molar-refractivity contribution >= 4 is 44.0 Å². The summed E-state index contributed by atoms with van der Waals surface area (Å²) < 4.78 is 24.8. The molecule has 1 aromatic heterocycles. The lowest BCUT2D eigenvalue weighted by atomic mass is 10.2. The van der Waals surface area contributed by atoms with Gasteiger partial charge in [0.15, 0.2) is 11.6 Å². The quantitative estimate of drug-likeness (QED) is 0.281. The second-order valence-electron chi connectivity index (χ2n) is 6.21. The van der Waals surface area contributed by atoms with Gasteiger partial charge in [0.2, 0.25) is 5.88 Å². The Kier molecular flexibility index (Phi) is 6.15. The zero-order valence-corrected chi connectivity index (χ0v) is 17.5. The van der Waals surface area contributed by atoms with Gasteiger partial charge in [-0.25, -0.2) is 4.39 Å². The average molecular weight is 465 g/mol. The zero-order valence-electron chi connectivity index (χ0n) is 15.1. The van der Waals surface area contributed by atoms with Gasteiger partial charge in [-0.1, -0.05) is 15.9 Å². The Labute approximate surface area is 174 Å². The van der Waals surface area contributed by atoms with E-state index in [1.807, 2.05) is 13.8 Å². The van der Waals surface area contributed by atoms with E-state index in [4.69, 9.17) is 10.1 Å². The monoisotopic (exact) mass is 464 g/mol. The lowest BCUT2D eigenvalue weighted by Gasteiger charge is -2.13. The Morgan fingerprint density at radius 1 is 1.25 bits per heavy atom. The van der Waals surface area contributed by atoms with E-state index in [-0.39, 0.29) is 29.1 Å². The molecule has 0 saturated heterocycles. The number of benzene rings is 2. The molecule has 4 N–H and O–H groups in total. The van der Waals surface area contributed by atoms with Crippen molar-refractivity contribution in [3.63, 3.8) is 0 Å². The fourth-order valence-corrected chi connectivity index (χ4v) is 3.36. The number of nitrogens with one attached hydrogen (secondary N) is 3. The van der Waals surface area contributed by atoms with E-state index in [2.05, 4.69) is 30.9 Å². The number of hydrogen-bond donors (Lipinski definition) is 4. The highest BCUT2D eigenvalue weighted by atomic mass is 79.9. The number of rotatable bonds is 6. The molecule has 0 aliphatic heterocycles. The first-order chi connectivity index (χ1) is 13.3. The maximum absolute atomic E-state index is 14.5. The van der Waals surface area contributed by atoms with Crippen LogP contribution >= 0.6 is 27.5 Å². The molecule has 28 heavy (non-hydrogen) atoms. The number of ether oxygens (including phenoxy) is 1. The van der Waals surface area contributed by atoms with Crippen LogP contribution in [0, 0.1) is 11.2 Å². The molecule has 146 valence electrons. The molecule has 0 saturated carbocycles. The first-order valence-electron chi connectivity index (χ1n) is 8.37. The van der Waals surface area contributed by atoms with Crippen LogP contribution in [0.5, 0.6) is 17.4 Å². The summed E-state index contributed by atoms with van der Waals surface area (Å²) in [6, 6.07) is 11.5. The topological polar surface area (TPSA) is 90.3 Å². The third-order valence-corrected chi connectivity index (χ3v) is 4.87. The van der Waals surface area contributed by atoms with Gasteiger partial charge in [0.05, 0.1) is 0 Å². The maximum atomic E-state index is 14.5. The first kappa shape index (κ1) is 20.1. The molecule has 9 heteroatoms. The molecule has 1 heterocycles. The molecule has 0 spiro atoms. The summed E-state index contributed by atoms with van der Waals surface area (Å²) in [5, 5.41) is 24.4. The van der Waals surface area contributed by atoms with E-state index < -0.39 is 5.82 Å². The van der Waals surface area contributed by atoms with Gasteiger partial charge < -0.3 is 20.5 Å². The fourth-order valence-electron chi connectivity index (χ4n) is 2.38. The van der Waals surface area contributed by atoms with E-state index in [0.29, 0.717) is 16.4 Å². The molecular formula is C19H18BrFN4O2S. The molecule has 3 aromatic rings. The average Bonchev–Trinajstić information content (AvgIpc) is 2.99. The number of nitrogens with zero attached hydrogens (tertiary/aromatic N) is 1. The van der Waals surface area contributed by atoms with Crippen LogP contribution in [0.4, 0.5) is 15.1 Å². The lowest BCUT2D eigenvalue weighted by molar-refractivity contribution is 0.442. The summed E-state index contributed by atoms with van der Waals surface area (Å²) >= 11 is 4.33. The number of halogens is 2. The summed E-state index contributed by atoms with van der Waals surface area (Å²) in [6.45, 7) is 3.77. The predicted molar refractivity (Wildman–Crippen MR) is 113 cm³/mol. The van der Waals surface area contributed by atoms with Crippen LogP contribution in [0.25, 0.3) is 0 Å². The Bertz CT molecular complexity index is 992. The summed E-state index contributed by atoms with van der Waals surface area (Å²) in [4.78, 5) is 0. The van der Waals surface area contributed by atoms with Crippen molar-refractivity contribution in [3.05, 3.63) is 58.3 Å². The van der Waals surface area contributed by atoms with Crippen LogP contribution in [0.15, 0.2) is 46.9 Å². The number of amidine groups is 1. The van der Waals surface area contributed by atoms with Gasteiger partial charge >= 0.3 is 0 Å². The molecule has 0 fully saturated rings. The SMILES string of the molecule is CC(C)NC(=N)c1c(O)nsc1Nc1ccc(Oc2ccc(Br)cc2)c(F)c1. The summed E-state index contributed by atoms with van der Waals surface area (Å²) in [5.41, 5.74) is 0.692. The summed E-state index contributed by atoms with van der Waals surface area (Å²) in [7, 11) is 0. The molecule has 0 aliphatic rings. The van der Waals surface area contributed by atoms with Crippen LogP contribution in [-0.2, 0) is 0 Å². The van der Waals surface area contributed by atoms with E-state index in [1.165, 1.54) is 12.1 Å².